The molecule has 0 aliphatic heterocycles. The van der Waals surface area contributed by atoms with Gasteiger partial charge in [-0.25, -0.2) is 4.79 Å². The first kappa shape index (κ1) is 23.5. The number of rotatable bonds is 6. The summed E-state index contributed by atoms with van der Waals surface area (Å²) in [5.74, 6) is -0.404. The van der Waals surface area contributed by atoms with Crippen molar-refractivity contribution >= 4 is 35.4 Å². The van der Waals surface area contributed by atoms with E-state index in [-0.39, 0.29) is 30.7 Å². The molecule has 1 aliphatic rings. The SMILES string of the molecule is CCOC(=O)C=c1sc(=Cc2ccc(C#N)cc2)c(=O)n1CC(=O)NC1CCCCC1C. The monoisotopic (exact) mass is 453 g/mol. The summed E-state index contributed by atoms with van der Waals surface area (Å²) in [7, 11) is 0. The summed E-state index contributed by atoms with van der Waals surface area (Å²) >= 11 is 1.13. The first-order chi connectivity index (χ1) is 15.4. The molecule has 1 aromatic heterocycles. The molecule has 2 unspecified atom stereocenters. The van der Waals surface area contributed by atoms with Crippen LogP contribution in [0.4, 0.5) is 0 Å². The standard InChI is InChI=1S/C24H27N3O4S/c1-3-31-23(29)13-22-27(15-21(28)26-19-7-5-4-6-16(19)2)24(30)20(32-22)12-17-8-10-18(14-25)11-9-17/h8-13,16,19H,3-7,15H2,1-2H3,(H,26,28). The highest BCUT2D eigenvalue weighted by molar-refractivity contribution is 7.07. The number of thiazole rings is 1. The highest BCUT2D eigenvalue weighted by atomic mass is 32.1. The number of hydrogen-bond acceptors (Lipinski definition) is 6. The van der Waals surface area contributed by atoms with E-state index in [1.165, 1.54) is 17.1 Å². The third-order valence-electron chi connectivity index (χ3n) is 5.56. The molecule has 1 N–H and O–H groups in total. The lowest BCUT2D eigenvalue weighted by Crippen LogP contribution is -2.45. The third-order valence-corrected chi connectivity index (χ3v) is 6.62. The number of hydrogen-bond donors (Lipinski definition) is 1. The average molecular weight is 454 g/mol. The van der Waals surface area contributed by atoms with Crippen LogP contribution in [-0.4, -0.2) is 29.1 Å². The Bertz CT molecular complexity index is 1190. The fourth-order valence-corrected chi connectivity index (χ4v) is 4.84. The van der Waals surface area contributed by atoms with Crippen LogP contribution >= 0.6 is 11.3 Å². The fraction of sp³-hybridized carbons (Fsp3) is 0.417. The number of carbonyl (C=O) groups excluding carboxylic acids is 2. The number of ether oxygens (including phenoxy) is 1. The van der Waals surface area contributed by atoms with Crippen LogP contribution in [0.5, 0.6) is 0 Å². The van der Waals surface area contributed by atoms with Crippen LogP contribution in [-0.2, 0) is 20.9 Å². The van der Waals surface area contributed by atoms with E-state index < -0.39 is 5.97 Å². The second-order valence-corrected chi connectivity index (χ2v) is 8.97. The van der Waals surface area contributed by atoms with Crippen molar-refractivity contribution in [1.82, 2.24) is 9.88 Å². The number of amides is 1. The van der Waals surface area contributed by atoms with Crippen LogP contribution < -0.4 is 20.1 Å². The Morgan fingerprint density at radius 2 is 2.00 bits per heavy atom. The first-order valence-electron chi connectivity index (χ1n) is 10.8. The smallest absolute Gasteiger partial charge is 0.333 e. The molecule has 1 heterocycles. The van der Waals surface area contributed by atoms with Crippen molar-refractivity contribution in [3.8, 4) is 6.07 Å². The number of aromatic nitrogens is 1. The molecule has 168 valence electrons. The predicted molar refractivity (Wildman–Crippen MR) is 123 cm³/mol. The molecule has 1 fully saturated rings. The van der Waals surface area contributed by atoms with Gasteiger partial charge in [0.1, 0.15) is 11.2 Å². The zero-order valence-corrected chi connectivity index (χ0v) is 19.1. The van der Waals surface area contributed by atoms with E-state index >= 15 is 0 Å². The Kier molecular flexibility index (Phi) is 8.01. The molecule has 1 amide bonds. The number of nitrogens with zero attached hydrogens (tertiary/aromatic N) is 2. The molecule has 3 rings (SSSR count). The molecule has 2 atom stereocenters. The molecule has 32 heavy (non-hydrogen) atoms. The predicted octanol–water partition coefficient (Wildman–Crippen LogP) is 1.65. The van der Waals surface area contributed by atoms with Crippen LogP contribution in [0, 0.1) is 17.2 Å². The van der Waals surface area contributed by atoms with E-state index in [1.54, 1.807) is 37.3 Å². The van der Waals surface area contributed by atoms with Crippen LogP contribution in [0.3, 0.4) is 0 Å². The molecule has 0 radical (unpaired) electrons. The minimum absolute atomic E-state index is 0.104. The minimum atomic E-state index is -0.561. The number of carbonyl (C=O) groups is 2. The van der Waals surface area contributed by atoms with Crippen molar-refractivity contribution in [2.75, 3.05) is 6.61 Å². The van der Waals surface area contributed by atoms with E-state index in [0.717, 1.165) is 36.2 Å². The second kappa shape index (κ2) is 10.9. The zero-order valence-electron chi connectivity index (χ0n) is 18.3. The maximum absolute atomic E-state index is 13.1. The lowest BCUT2D eigenvalue weighted by atomic mass is 9.86. The largest absolute Gasteiger partial charge is 0.463 e. The summed E-state index contributed by atoms with van der Waals surface area (Å²) in [6.45, 7) is 3.89. The topological polar surface area (TPSA) is 101 Å². The van der Waals surface area contributed by atoms with Gasteiger partial charge < -0.3 is 10.1 Å². The maximum atomic E-state index is 13.1. The van der Waals surface area contributed by atoms with Gasteiger partial charge in [0.15, 0.2) is 0 Å². The minimum Gasteiger partial charge on any atom is -0.463 e. The number of nitriles is 1. The van der Waals surface area contributed by atoms with Crippen molar-refractivity contribution in [2.45, 2.75) is 52.1 Å². The summed E-state index contributed by atoms with van der Waals surface area (Å²) in [4.78, 5) is 37.9. The molecule has 1 aromatic carbocycles. The van der Waals surface area contributed by atoms with Gasteiger partial charge in [-0.15, -0.1) is 11.3 Å². The summed E-state index contributed by atoms with van der Waals surface area (Å²) < 4.78 is 7.06. The molecule has 1 saturated carbocycles. The summed E-state index contributed by atoms with van der Waals surface area (Å²) in [6.07, 6.45) is 7.21. The molecule has 0 bridgehead atoms. The second-order valence-electron chi connectivity index (χ2n) is 7.91. The lowest BCUT2D eigenvalue weighted by Gasteiger charge is -2.29. The molecular formula is C24H27N3O4S. The van der Waals surface area contributed by atoms with E-state index in [4.69, 9.17) is 10.00 Å². The fourth-order valence-electron chi connectivity index (χ4n) is 3.81. The van der Waals surface area contributed by atoms with E-state index in [9.17, 15) is 14.4 Å². The highest BCUT2D eigenvalue weighted by Crippen LogP contribution is 2.23. The van der Waals surface area contributed by atoms with Crippen molar-refractivity contribution < 1.29 is 14.3 Å². The quantitative estimate of drug-likeness (QED) is 0.670. The van der Waals surface area contributed by atoms with Gasteiger partial charge in [0.05, 0.1) is 28.8 Å². The number of benzene rings is 1. The van der Waals surface area contributed by atoms with Gasteiger partial charge in [-0.1, -0.05) is 31.9 Å². The molecular weight excluding hydrogens is 426 g/mol. The lowest BCUT2D eigenvalue weighted by molar-refractivity contribution is -0.135. The van der Waals surface area contributed by atoms with Crippen molar-refractivity contribution in [3.63, 3.8) is 0 Å². The van der Waals surface area contributed by atoms with Gasteiger partial charge in [0.2, 0.25) is 5.91 Å². The van der Waals surface area contributed by atoms with Gasteiger partial charge in [0, 0.05) is 6.04 Å². The van der Waals surface area contributed by atoms with E-state index in [1.807, 2.05) is 0 Å². The van der Waals surface area contributed by atoms with Crippen LogP contribution in [0.1, 0.15) is 50.7 Å². The van der Waals surface area contributed by atoms with E-state index in [0.29, 0.717) is 20.7 Å². The summed E-state index contributed by atoms with van der Waals surface area (Å²) in [5, 5.41) is 12.0. The summed E-state index contributed by atoms with van der Waals surface area (Å²) in [6, 6.07) is 8.99. The molecule has 2 aromatic rings. The van der Waals surface area contributed by atoms with Crippen molar-refractivity contribution in [3.05, 3.63) is 54.9 Å². The normalized spacial score (nSPS) is 19.4. The molecule has 0 saturated heterocycles. The van der Waals surface area contributed by atoms with Gasteiger partial charge in [-0.3, -0.25) is 14.2 Å². The average Bonchev–Trinajstić information content (AvgIpc) is 3.04. The molecule has 1 aliphatic carbocycles. The van der Waals surface area contributed by atoms with Crippen molar-refractivity contribution in [2.24, 2.45) is 5.92 Å². The Hall–Kier alpha value is -3.18. The Balaban J connectivity index is 1.94. The molecule has 7 nitrogen and oxygen atoms in total. The van der Waals surface area contributed by atoms with Crippen LogP contribution in [0.15, 0.2) is 29.1 Å². The van der Waals surface area contributed by atoms with Gasteiger partial charge in [-0.05, 0) is 49.5 Å². The Morgan fingerprint density at radius 1 is 1.28 bits per heavy atom. The van der Waals surface area contributed by atoms with Gasteiger partial charge >= 0.3 is 5.97 Å². The molecule has 8 heteroatoms. The molecule has 0 spiro atoms. The Labute approximate surface area is 190 Å². The van der Waals surface area contributed by atoms with Crippen LogP contribution in [0.25, 0.3) is 12.2 Å². The van der Waals surface area contributed by atoms with Gasteiger partial charge in [0.25, 0.3) is 5.56 Å². The number of esters is 1. The maximum Gasteiger partial charge on any atom is 0.333 e. The first-order valence-corrected chi connectivity index (χ1v) is 11.6. The zero-order chi connectivity index (χ0) is 23.1. The van der Waals surface area contributed by atoms with Crippen molar-refractivity contribution in [1.29, 1.82) is 5.26 Å². The van der Waals surface area contributed by atoms with Gasteiger partial charge in [-0.2, -0.15) is 5.26 Å². The van der Waals surface area contributed by atoms with Crippen LogP contribution in [0.2, 0.25) is 0 Å². The number of nitrogens with one attached hydrogen (secondary N) is 1. The summed E-state index contributed by atoms with van der Waals surface area (Å²) in [5.41, 5.74) is 0.926. The highest BCUT2D eigenvalue weighted by Gasteiger charge is 2.23. The van der Waals surface area contributed by atoms with E-state index in [2.05, 4.69) is 18.3 Å². The Morgan fingerprint density at radius 3 is 2.66 bits per heavy atom. The third kappa shape index (κ3) is 5.95.